The van der Waals surface area contributed by atoms with Crippen LogP contribution in [0.3, 0.4) is 0 Å². The van der Waals surface area contributed by atoms with E-state index in [0.717, 1.165) is 11.1 Å². The zero-order chi connectivity index (χ0) is 17.9. The Hall–Kier alpha value is -1.92. The fourth-order valence-corrected chi connectivity index (χ4v) is 2.81. The average molecular weight is 415 g/mol. The SMILES string of the molecule is COc1cc(OC)c(NC(=O)Oc2cc(C)c(C)cc2Br)cc1Cl. The van der Waals surface area contributed by atoms with Gasteiger partial charge in [-0.3, -0.25) is 5.32 Å². The van der Waals surface area contributed by atoms with E-state index >= 15 is 0 Å². The van der Waals surface area contributed by atoms with Gasteiger partial charge in [0.2, 0.25) is 0 Å². The monoisotopic (exact) mass is 413 g/mol. The van der Waals surface area contributed by atoms with E-state index in [4.69, 9.17) is 25.8 Å². The lowest BCUT2D eigenvalue weighted by molar-refractivity contribution is 0.214. The molecule has 1 N–H and O–H groups in total. The fraction of sp³-hybridized carbons (Fsp3) is 0.235. The van der Waals surface area contributed by atoms with Gasteiger partial charge in [-0.15, -0.1) is 0 Å². The van der Waals surface area contributed by atoms with Crippen LogP contribution in [-0.4, -0.2) is 20.3 Å². The molecule has 0 aliphatic carbocycles. The molecular weight excluding hydrogens is 398 g/mol. The third-order valence-electron chi connectivity index (χ3n) is 3.46. The number of rotatable bonds is 4. The van der Waals surface area contributed by atoms with Crippen molar-refractivity contribution in [3.8, 4) is 17.2 Å². The predicted molar refractivity (Wildman–Crippen MR) is 97.8 cm³/mol. The largest absolute Gasteiger partial charge is 0.495 e. The molecule has 1 amide bonds. The van der Waals surface area contributed by atoms with Gasteiger partial charge in [0.25, 0.3) is 0 Å². The standard InChI is InChI=1S/C17H17BrClNO4/c1-9-5-11(18)14(6-10(9)2)24-17(21)20-13-7-12(19)15(22-3)8-16(13)23-4/h5-8H,1-4H3,(H,20,21). The molecule has 24 heavy (non-hydrogen) atoms. The molecule has 2 aromatic carbocycles. The number of carbonyl (C=O) groups excluding carboxylic acids is 1. The summed E-state index contributed by atoms with van der Waals surface area (Å²) in [6.07, 6.45) is -0.654. The first kappa shape index (κ1) is 18.4. The van der Waals surface area contributed by atoms with Crippen LogP contribution in [0.1, 0.15) is 11.1 Å². The summed E-state index contributed by atoms with van der Waals surface area (Å²) in [5.74, 6) is 1.28. The van der Waals surface area contributed by atoms with Crippen LogP contribution >= 0.6 is 27.5 Å². The van der Waals surface area contributed by atoms with E-state index in [1.54, 1.807) is 12.1 Å². The first-order chi connectivity index (χ1) is 11.3. The Kier molecular flexibility index (Phi) is 5.96. The number of ether oxygens (including phenoxy) is 3. The van der Waals surface area contributed by atoms with E-state index in [1.165, 1.54) is 20.3 Å². The quantitative estimate of drug-likeness (QED) is 0.733. The Morgan fingerprint density at radius 2 is 1.62 bits per heavy atom. The molecular formula is C17H17BrClNO4. The first-order valence-electron chi connectivity index (χ1n) is 7.02. The van der Waals surface area contributed by atoms with Crippen LogP contribution in [0.2, 0.25) is 5.02 Å². The van der Waals surface area contributed by atoms with Crippen molar-refractivity contribution in [3.63, 3.8) is 0 Å². The minimum absolute atomic E-state index is 0.348. The normalized spacial score (nSPS) is 10.2. The van der Waals surface area contributed by atoms with E-state index in [9.17, 15) is 4.79 Å². The molecule has 2 rings (SSSR count). The number of halogens is 2. The number of methoxy groups -OCH3 is 2. The second-order valence-corrected chi connectivity index (χ2v) is 6.33. The van der Waals surface area contributed by atoms with Gasteiger partial charge >= 0.3 is 6.09 Å². The predicted octanol–water partition coefficient (Wildman–Crippen LogP) is 5.35. The molecule has 0 fully saturated rings. The summed E-state index contributed by atoms with van der Waals surface area (Å²) < 4.78 is 16.4. The molecule has 5 nitrogen and oxygen atoms in total. The van der Waals surface area contributed by atoms with Gasteiger partial charge in [-0.25, -0.2) is 4.79 Å². The van der Waals surface area contributed by atoms with Crippen LogP contribution < -0.4 is 19.5 Å². The second-order valence-electron chi connectivity index (χ2n) is 5.07. The van der Waals surface area contributed by atoms with Gasteiger partial charge < -0.3 is 14.2 Å². The van der Waals surface area contributed by atoms with Crippen LogP contribution in [-0.2, 0) is 0 Å². The molecule has 0 aliphatic heterocycles. The van der Waals surface area contributed by atoms with Crippen LogP contribution in [0.25, 0.3) is 0 Å². The van der Waals surface area contributed by atoms with E-state index in [0.29, 0.717) is 32.4 Å². The van der Waals surface area contributed by atoms with Crippen LogP contribution in [0.15, 0.2) is 28.7 Å². The third-order valence-corrected chi connectivity index (χ3v) is 4.38. The summed E-state index contributed by atoms with van der Waals surface area (Å²) in [7, 11) is 2.98. The minimum atomic E-state index is -0.654. The van der Waals surface area contributed by atoms with Gasteiger partial charge in [0.15, 0.2) is 0 Å². The number of hydrogen-bond acceptors (Lipinski definition) is 4. The van der Waals surface area contributed by atoms with Crippen LogP contribution in [0.4, 0.5) is 10.5 Å². The highest BCUT2D eigenvalue weighted by Gasteiger charge is 2.15. The van der Waals surface area contributed by atoms with Crippen molar-refractivity contribution in [1.82, 2.24) is 0 Å². The maximum atomic E-state index is 12.2. The lowest BCUT2D eigenvalue weighted by atomic mass is 10.1. The van der Waals surface area contributed by atoms with Crippen molar-refractivity contribution < 1.29 is 19.0 Å². The summed E-state index contributed by atoms with van der Waals surface area (Å²) in [5, 5.41) is 2.96. The molecule has 128 valence electrons. The van der Waals surface area contributed by atoms with Crippen molar-refractivity contribution in [1.29, 1.82) is 0 Å². The van der Waals surface area contributed by atoms with Gasteiger partial charge in [0.1, 0.15) is 17.2 Å². The van der Waals surface area contributed by atoms with Gasteiger partial charge in [0, 0.05) is 6.07 Å². The summed E-state index contributed by atoms with van der Waals surface area (Å²) in [6.45, 7) is 3.92. The first-order valence-corrected chi connectivity index (χ1v) is 8.20. The molecule has 0 bridgehead atoms. The molecule has 0 aliphatic rings. The zero-order valence-corrected chi connectivity index (χ0v) is 16.0. The molecule has 2 aromatic rings. The Morgan fingerprint density at radius 1 is 1.00 bits per heavy atom. The van der Waals surface area contributed by atoms with E-state index in [1.807, 2.05) is 19.9 Å². The van der Waals surface area contributed by atoms with Gasteiger partial charge in [0.05, 0.1) is 29.4 Å². The molecule has 0 spiro atoms. The summed E-state index contributed by atoms with van der Waals surface area (Å²) in [4.78, 5) is 12.2. The molecule has 0 saturated carbocycles. The van der Waals surface area contributed by atoms with Crippen LogP contribution in [0, 0.1) is 13.8 Å². The number of carbonyl (C=O) groups is 1. The highest BCUT2D eigenvalue weighted by Crippen LogP contribution is 2.36. The summed E-state index contributed by atoms with van der Waals surface area (Å²) in [5.41, 5.74) is 2.50. The summed E-state index contributed by atoms with van der Waals surface area (Å²) >= 11 is 9.47. The molecule has 0 unspecified atom stereocenters. The maximum Gasteiger partial charge on any atom is 0.417 e. The van der Waals surface area contributed by atoms with Crippen molar-refractivity contribution >= 4 is 39.3 Å². The minimum Gasteiger partial charge on any atom is -0.495 e. The average Bonchev–Trinajstić information content (AvgIpc) is 2.53. The topological polar surface area (TPSA) is 56.8 Å². The lowest BCUT2D eigenvalue weighted by Gasteiger charge is -2.14. The maximum absolute atomic E-state index is 12.2. The molecule has 0 saturated heterocycles. The highest BCUT2D eigenvalue weighted by molar-refractivity contribution is 9.10. The van der Waals surface area contributed by atoms with Gasteiger partial charge in [-0.1, -0.05) is 11.6 Å². The number of amides is 1. The van der Waals surface area contributed by atoms with E-state index in [2.05, 4.69) is 21.2 Å². The fourth-order valence-electron chi connectivity index (χ4n) is 2.03. The van der Waals surface area contributed by atoms with Crippen molar-refractivity contribution in [3.05, 3.63) is 44.9 Å². The molecule has 0 radical (unpaired) electrons. The number of aryl methyl sites for hydroxylation is 2. The van der Waals surface area contributed by atoms with E-state index < -0.39 is 6.09 Å². The Morgan fingerprint density at radius 3 is 2.25 bits per heavy atom. The van der Waals surface area contributed by atoms with Crippen molar-refractivity contribution in [2.45, 2.75) is 13.8 Å². The Labute approximate surface area is 154 Å². The number of nitrogens with one attached hydrogen (secondary N) is 1. The number of anilines is 1. The van der Waals surface area contributed by atoms with Crippen molar-refractivity contribution in [2.75, 3.05) is 19.5 Å². The molecule has 0 aromatic heterocycles. The molecule has 0 atom stereocenters. The molecule has 7 heteroatoms. The number of benzene rings is 2. The van der Waals surface area contributed by atoms with Gasteiger partial charge in [-0.2, -0.15) is 0 Å². The molecule has 0 heterocycles. The number of hydrogen-bond donors (Lipinski definition) is 1. The smallest absolute Gasteiger partial charge is 0.417 e. The van der Waals surface area contributed by atoms with E-state index in [-0.39, 0.29) is 0 Å². The Bertz CT molecular complexity index is 780. The Balaban J connectivity index is 2.21. The summed E-state index contributed by atoms with van der Waals surface area (Å²) in [6, 6.07) is 6.81. The highest BCUT2D eigenvalue weighted by atomic mass is 79.9. The lowest BCUT2D eigenvalue weighted by Crippen LogP contribution is -2.17. The van der Waals surface area contributed by atoms with Crippen LogP contribution in [0.5, 0.6) is 17.2 Å². The van der Waals surface area contributed by atoms with Crippen molar-refractivity contribution in [2.24, 2.45) is 0 Å². The second kappa shape index (κ2) is 7.77. The zero-order valence-electron chi connectivity index (χ0n) is 13.7. The van der Waals surface area contributed by atoms with Gasteiger partial charge in [-0.05, 0) is 59.1 Å². The third kappa shape index (κ3) is 4.13.